The van der Waals surface area contributed by atoms with Crippen LogP contribution < -0.4 is 0 Å². The molecule has 1 aliphatic rings. The van der Waals surface area contributed by atoms with Gasteiger partial charge in [-0.3, -0.25) is 0 Å². The van der Waals surface area contributed by atoms with Gasteiger partial charge in [-0.1, -0.05) is 158 Å². The molecule has 0 heterocycles. The quantitative estimate of drug-likeness (QED) is 0.194. The second-order valence-corrected chi connectivity index (χ2v) is 11.7. The smallest absolute Gasteiger partial charge is 0.00132 e. The second kappa shape index (κ2) is 9.54. The van der Waals surface area contributed by atoms with Gasteiger partial charge in [0.25, 0.3) is 0 Å². The van der Waals surface area contributed by atoms with Gasteiger partial charge < -0.3 is 0 Å². The minimum atomic E-state index is 0.996. The monoisotopic (exact) mass is 544 g/mol. The van der Waals surface area contributed by atoms with E-state index in [2.05, 4.69) is 158 Å². The topological polar surface area (TPSA) is 0 Å². The van der Waals surface area contributed by atoms with Gasteiger partial charge in [-0.2, -0.15) is 0 Å². The fraction of sp³-hybridized carbons (Fsp3) is 0.0233. The van der Waals surface area contributed by atoms with E-state index in [4.69, 9.17) is 0 Å². The van der Waals surface area contributed by atoms with E-state index in [0.717, 1.165) is 6.42 Å². The molecule has 0 spiro atoms. The Labute approximate surface area is 251 Å². The van der Waals surface area contributed by atoms with E-state index in [1.165, 1.54) is 88.0 Å². The molecule has 8 aromatic rings. The van der Waals surface area contributed by atoms with Crippen LogP contribution in [-0.2, 0) is 6.42 Å². The van der Waals surface area contributed by atoms with Gasteiger partial charge in [0.2, 0.25) is 0 Å². The third-order valence-corrected chi connectivity index (χ3v) is 9.29. The third kappa shape index (κ3) is 3.77. The Morgan fingerprint density at radius 2 is 0.791 bits per heavy atom. The first-order valence-corrected chi connectivity index (χ1v) is 15.1. The van der Waals surface area contributed by atoms with Crippen molar-refractivity contribution in [2.45, 2.75) is 6.42 Å². The average molecular weight is 545 g/mol. The molecule has 0 aromatic heterocycles. The van der Waals surface area contributed by atoms with Crippen molar-refractivity contribution < 1.29 is 0 Å². The molecule has 8 aromatic carbocycles. The summed E-state index contributed by atoms with van der Waals surface area (Å²) < 4.78 is 0. The number of benzene rings is 8. The minimum absolute atomic E-state index is 0.996. The maximum absolute atomic E-state index is 2.43. The lowest BCUT2D eigenvalue weighted by molar-refractivity contribution is 1.26. The molecule has 0 saturated carbocycles. The van der Waals surface area contributed by atoms with E-state index in [9.17, 15) is 0 Å². The van der Waals surface area contributed by atoms with Gasteiger partial charge in [0, 0.05) is 0 Å². The van der Waals surface area contributed by atoms with Gasteiger partial charge in [0.15, 0.2) is 0 Å². The normalized spacial score (nSPS) is 12.1. The van der Waals surface area contributed by atoms with Gasteiger partial charge >= 0.3 is 0 Å². The second-order valence-electron chi connectivity index (χ2n) is 11.7. The average Bonchev–Trinajstić information content (AvgIpc) is 3.45. The van der Waals surface area contributed by atoms with Crippen LogP contribution in [0.25, 0.3) is 76.8 Å². The zero-order valence-electron chi connectivity index (χ0n) is 23.7. The van der Waals surface area contributed by atoms with Crippen molar-refractivity contribution in [3.8, 4) is 44.5 Å². The summed E-state index contributed by atoms with van der Waals surface area (Å²) in [6.45, 7) is 0. The number of fused-ring (bicyclic) bond motifs is 6. The molecular weight excluding hydrogens is 516 g/mol. The van der Waals surface area contributed by atoms with E-state index >= 15 is 0 Å². The molecule has 1 aliphatic carbocycles. The van der Waals surface area contributed by atoms with Crippen molar-refractivity contribution in [1.29, 1.82) is 0 Å². The molecular formula is C43H28. The molecule has 43 heavy (non-hydrogen) atoms. The van der Waals surface area contributed by atoms with E-state index in [1.807, 2.05) is 0 Å². The van der Waals surface area contributed by atoms with Gasteiger partial charge in [-0.05, 0) is 94.4 Å². The van der Waals surface area contributed by atoms with Crippen LogP contribution in [0.2, 0.25) is 0 Å². The zero-order valence-corrected chi connectivity index (χ0v) is 23.7. The highest BCUT2D eigenvalue weighted by molar-refractivity contribution is 6.21. The van der Waals surface area contributed by atoms with Crippen molar-refractivity contribution in [2.75, 3.05) is 0 Å². The van der Waals surface area contributed by atoms with Crippen LogP contribution in [0.5, 0.6) is 0 Å². The fourth-order valence-electron chi connectivity index (χ4n) is 7.34. The van der Waals surface area contributed by atoms with Crippen molar-refractivity contribution in [3.05, 3.63) is 169 Å². The maximum Gasteiger partial charge on any atom is -0.00132 e. The zero-order chi connectivity index (χ0) is 28.3. The van der Waals surface area contributed by atoms with Gasteiger partial charge in [-0.25, -0.2) is 0 Å². The molecule has 0 saturated heterocycles. The van der Waals surface area contributed by atoms with E-state index in [0.29, 0.717) is 0 Å². The highest BCUT2D eigenvalue weighted by Crippen LogP contribution is 2.46. The number of hydrogen-bond acceptors (Lipinski definition) is 0. The van der Waals surface area contributed by atoms with Crippen molar-refractivity contribution in [1.82, 2.24) is 0 Å². The Bertz CT molecular complexity index is 2290. The molecule has 0 nitrogen and oxygen atoms in total. The van der Waals surface area contributed by atoms with Crippen molar-refractivity contribution in [2.24, 2.45) is 0 Å². The number of hydrogen-bond donors (Lipinski definition) is 0. The number of rotatable bonds is 3. The maximum atomic E-state index is 2.43. The standard InChI is InChI=1S/C43H28/c1-3-13-34-28(10-1)12-9-19-35(34)29-20-22-30(23-21-29)42-38-15-5-7-17-40(38)43(41-18-8-6-16-39(41)42)32-24-25-37-33(27-32)26-31-11-2-4-14-36(31)37/h1-25,27H,26H2. The Hall–Kier alpha value is -5.46. The molecule has 0 aliphatic heterocycles. The molecule has 0 amide bonds. The fourth-order valence-corrected chi connectivity index (χ4v) is 7.34. The molecule has 0 heteroatoms. The largest absolute Gasteiger partial charge is 0.0619 e. The first-order chi connectivity index (χ1) is 21.3. The summed E-state index contributed by atoms with van der Waals surface area (Å²) in [5.41, 5.74) is 13.3. The Morgan fingerprint density at radius 1 is 0.302 bits per heavy atom. The van der Waals surface area contributed by atoms with Crippen LogP contribution in [0.3, 0.4) is 0 Å². The van der Waals surface area contributed by atoms with Crippen LogP contribution in [0.4, 0.5) is 0 Å². The summed E-state index contributed by atoms with van der Waals surface area (Å²) in [6, 6.07) is 58.2. The third-order valence-electron chi connectivity index (χ3n) is 9.29. The van der Waals surface area contributed by atoms with Crippen molar-refractivity contribution in [3.63, 3.8) is 0 Å². The SMILES string of the molecule is c1ccc2c(c1)Cc1cc(-c3c4ccccc4c(-c4ccc(-c5cccc6ccccc56)cc4)c4ccccc34)ccc1-2. The van der Waals surface area contributed by atoms with Crippen LogP contribution in [0.15, 0.2) is 158 Å². The predicted molar refractivity (Wildman–Crippen MR) is 184 cm³/mol. The summed E-state index contributed by atoms with van der Waals surface area (Å²) in [6.07, 6.45) is 0.996. The summed E-state index contributed by atoms with van der Waals surface area (Å²) in [5, 5.41) is 7.73. The molecule has 0 atom stereocenters. The van der Waals surface area contributed by atoms with E-state index in [1.54, 1.807) is 0 Å². The predicted octanol–water partition coefficient (Wildman–Crippen LogP) is 11.7. The Morgan fingerprint density at radius 3 is 1.51 bits per heavy atom. The van der Waals surface area contributed by atoms with Crippen molar-refractivity contribution >= 4 is 32.3 Å². The van der Waals surface area contributed by atoms with Gasteiger partial charge in [-0.15, -0.1) is 0 Å². The van der Waals surface area contributed by atoms with Gasteiger partial charge in [0.05, 0.1) is 0 Å². The summed E-state index contributed by atoms with van der Waals surface area (Å²) in [7, 11) is 0. The van der Waals surface area contributed by atoms with E-state index in [-0.39, 0.29) is 0 Å². The van der Waals surface area contributed by atoms with E-state index < -0.39 is 0 Å². The summed E-state index contributed by atoms with van der Waals surface area (Å²) in [4.78, 5) is 0. The van der Waals surface area contributed by atoms with Crippen LogP contribution in [0.1, 0.15) is 11.1 Å². The first-order valence-electron chi connectivity index (χ1n) is 15.1. The molecule has 0 bridgehead atoms. The lowest BCUT2D eigenvalue weighted by Crippen LogP contribution is -1.92. The van der Waals surface area contributed by atoms with Crippen LogP contribution in [-0.4, -0.2) is 0 Å². The molecule has 9 rings (SSSR count). The molecule has 0 fully saturated rings. The van der Waals surface area contributed by atoms with Crippen LogP contribution in [0, 0.1) is 0 Å². The highest BCUT2D eigenvalue weighted by atomic mass is 14.2. The molecule has 0 unspecified atom stereocenters. The van der Waals surface area contributed by atoms with Crippen LogP contribution >= 0.6 is 0 Å². The summed E-state index contributed by atoms with van der Waals surface area (Å²) in [5.74, 6) is 0. The Balaban J connectivity index is 1.23. The lowest BCUT2D eigenvalue weighted by atomic mass is 9.85. The minimum Gasteiger partial charge on any atom is -0.0619 e. The lowest BCUT2D eigenvalue weighted by Gasteiger charge is -2.18. The van der Waals surface area contributed by atoms with Gasteiger partial charge in [0.1, 0.15) is 0 Å². The highest BCUT2D eigenvalue weighted by Gasteiger charge is 2.21. The molecule has 200 valence electrons. The molecule has 0 N–H and O–H groups in total. The Kier molecular flexibility index (Phi) is 5.36. The molecule has 0 radical (unpaired) electrons. The summed E-state index contributed by atoms with van der Waals surface area (Å²) >= 11 is 0. The first kappa shape index (κ1) is 24.2.